The zero-order valence-electron chi connectivity index (χ0n) is 12.8. The molecule has 2 amide bonds. The molecule has 0 unspecified atom stereocenters. The molecule has 0 radical (unpaired) electrons. The van der Waals surface area contributed by atoms with Crippen molar-refractivity contribution in [1.29, 1.82) is 0 Å². The number of hydrogen-bond acceptors (Lipinski definition) is 4. The third kappa shape index (κ3) is 4.02. The van der Waals surface area contributed by atoms with Crippen molar-refractivity contribution >= 4 is 23.2 Å². The van der Waals surface area contributed by atoms with E-state index in [0.29, 0.717) is 13.1 Å². The third-order valence-electron chi connectivity index (χ3n) is 3.79. The Bertz CT molecular complexity index is 635. The first kappa shape index (κ1) is 16.9. The van der Waals surface area contributed by atoms with Crippen LogP contribution in [-0.2, 0) is 9.59 Å². The Morgan fingerprint density at radius 2 is 2.26 bits per heavy atom. The molecule has 1 aromatic carbocycles. The van der Waals surface area contributed by atoms with E-state index in [4.69, 9.17) is 0 Å². The second-order valence-electron chi connectivity index (χ2n) is 5.50. The Balaban J connectivity index is 2.04. The number of unbranched alkanes of at least 4 members (excludes halogenated alkanes) is 1. The van der Waals surface area contributed by atoms with E-state index >= 15 is 0 Å². The van der Waals surface area contributed by atoms with E-state index in [1.54, 1.807) is 4.90 Å². The number of benzene rings is 1. The number of anilines is 1. The van der Waals surface area contributed by atoms with Crippen LogP contribution in [0.1, 0.15) is 26.2 Å². The van der Waals surface area contributed by atoms with Crippen LogP contribution in [0.2, 0.25) is 0 Å². The van der Waals surface area contributed by atoms with Crippen LogP contribution >= 0.6 is 0 Å². The maximum absolute atomic E-state index is 13.7. The van der Waals surface area contributed by atoms with E-state index in [1.165, 1.54) is 0 Å². The molecule has 1 aliphatic heterocycles. The standard InChI is InChI=1S/C15H18FN3O4/c1-2-3-6-18-9-10(7-14(18)20)15(21)17-13-8-11(19(22)23)4-5-12(13)16/h4-5,8,10H,2-3,6-7,9H2,1H3,(H,17,21)/t10-/m1/s1. The fourth-order valence-corrected chi connectivity index (χ4v) is 2.47. The van der Waals surface area contributed by atoms with Crippen LogP contribution in [0.3, 0.4) is 0 Å². The van der Waals surface area contributed by atoms with Gasteiger partial charge in [-0.1, -0.05) is 13.3 Å². The molecule has 0 saturated carbocycles. The van der Waals surface area contributed by atoms with Crippen molar-refractivity contribution in [1.82, 2.24) is 4.90 Å². The molecule has 1 aliphatic rings. The van der Waals surface area contributed by atoms with Gasteiger partial charge in [-0.05, 0) is 12.5 Å². The number of amides is 2. The van der Waals surface area contributed by atoms with Crippen LogP contribution < -0.4 is 5.32 Å². The highest BCUT2D eigenvalue weighted by Gasteiger charge is 2.34. The number of nitro benzene ring substituents is 1. The summed E-state index contributed by atoms with van der Waals surface area (Å²) in [5.41, 5.74) is -0.558. The summed E-state index contributed by atoms with van der Waals surface area (Å²) in [6.45, 7) is 2.90. The molecule has 1 atom stereocenters. The van der Waals surface area contributed by atoms with Gasteiger partial charge in [-0.3, -0.25) is 19.7 Å². The van der Waals surface area contributed by atoms with Gasteiger partial charge in [0.05, 0.1) is 16.5 Å². The predicted octanol–water partition coefficient (Wildman–Crippen LogP) is 2.32. The number of nitrogens with zero attached hydrogens (tertiary/aromatic N) is 2. The van der Waals surface area contributed by atoms with Gasteiger partial charge in [0.1, 0.15) is 5.82 Å². The van der Waals surface area contributed by atoms with Crippen LogP contribution in [0.5, 0.6) is 0 Å². The average Bonchev–Trinajstić information content (AvgIpc) is 2.88. The number of carbonyl (C=O) groups is 2. The molecular weight excluding hydrogens is 305 g/mol. The van der Waals surface area contributed by atoms with Crippen molar-refractivity contribution in [2.75, 3.05) is 18.4 Å². The van der Waals surface area contributed by atoms with E-state index in [1.807, 2.05) is 6.92 Å². The minimum atomic E-state index is -0.754. The number of rotatable bonds is 6. The molecule has 1 saturated heterocycles. The van der Waals surface area contributed by atoms with Crippen molar-refractivity contribution in [3.8, 4) is 0 Å². The maximum atomic E-state index is 13.7. The Morgan fingerprint density at radius 3 is 2.91 bits per heavy atom. The van der Waals surface area contributed by atoms with Gasteiger partial charge in [0.2, 0.25) is 11.8 Å². The van der Waals surface area contributed by atoms with E-state index in [0.717, 1.165) is 31.0 Å². The van der Waals surface area contributed by atoms with Gasteiger partial charge in [0.15, 0.2) is 0 Å². The first-order chi connectivity index (χ1) is 10.9. The highest BCUT2D eigenvalue weighted by molar-refractivity contribution is 5.97. The maximum Gasteiger partial charge on any atom is 0.271 e. The smallest absolute Gasteiger partial charge is 0.271 e. The molecule has 0 aliphatic carbocycles. The Morgan fingerprint density at radius 1 is 1.52 bits per heavy atom. The SMILES string of the molecule is CCCCN1C[C@H](C(=O)Nc2cc([N+](=O)[O-])ccc2F)CC1=O. The van der Waals surface area contributed by atoms with Gasteiger partial charge in [0.25, 0.3) is 5.69 Å². The van der Waals surface area contributed by atoms with Crippen molar-refractivity contribution < 1.29 is 18.9 Å². The second-order valence-corrected chi connectivity index (χ2v) is 5.50. The molecule has 8 heteroatoms. The van der Waals surface area contributed by atoms with Gasteiger partial charge in [-0.25, -0.2) is 4.39 Å². The second kappa shape index (κ2) is 7.17. The van der Waals surface area contributed by atoms with Gasteiger partial charge < -0.3 is 10.2 Å². The molecule has 1 aromatic rings. The zero-order chi connectivity index (χ0) is 17.0. The summed E-state index contributed by atoms with van der Waals surface area (Å²) in [6, 6.07) is 2.93. The van der Waals surface area contributed by atoms with Gasteiger partial charge >= 0.3 is 0 Å². The molecule has 1 N–H and O–H groups in total. The van der Waals surface area contributed by atoms with Crippen LogP contribution in [0, 0.1) is 21.8 Å². The molecule has 0 spiro atoms. The summed E-state index contributed by atoms with van der Waals surface area (Å²) in [7, 11) is 0. The summed E-state index contributed by atoms with van der Waals surface area (Å²) in [5.74, 6) is -1.93. The molecule has 1 heterocycles. The molecule has 1 fully saturated rings. The minimum Gasteiger partial charge on any atom is -0.342 e. The number of halogens is 1. The lowest BCUT2D eigenvalue weighted by molar-refractivity contribution is -0.384. The highest BCUT2D eigenvalue weighted by atomic mass is 19.1. The van der Waals surface area contributed by atoms with E-state index in [9.17, 15) is 24.1 Å². The Hall–Kier alpha value is -2.51. The molecule has 23 heavy (non-hydrogen) atoms. The van der Waals surface area contributed by atoms with Crippen molar-refractivity contribution in [3.05, 3.63) is 34.1 Å². The fraction of sp³-hybridized carbons (Fsp3) is 0.467. The fourth-order valence-electron chi connectivity index (χ4n) is 2.47. The summed E-state index contributed by atoms with van der Waals surface area (Å²) in [4.78, 5) is 35.7. The number of likely N-dealkylation sites (tertiary alicyclic amines) is 1. The van der Waals surface area contributed by atoms with Crippen molar-refractivity contribution in [2.45, 2.75) is 26.2 Å². The number of hydrogen-bond donors (Lipinski definition) is 1. The summed E-state index contributed by atoms with van der Waals surface area (Å²) >= 11 is 0. The molecule has 124 valence electrons. The van der Waals surface area contributed by atoms with Gasteiger partial charge in [-0.2, -0.15) is 0 Å². The summed E-state index contributed by atoms with van der Waals surface area (Å²) in [6.07, 6.45) is 1.88. The zero-order valence-corrected chi connectivity index (χ0v) is 12.8. The van der Waals surface area contributed by atoms with Crippen LogP contribution in [0.15, 0.2) is 18.2 Å². The average molecular weight is 323 g/mol. The monoisotopic (exact) mass is 323 g/mol. The lowest BCUT2D eigenvalue weighted by Crippen LogP contribution is -2.29. The van der Waals surface area contributed by atoms with Crippen molar-refractivity contribution in [3.63, 3.8) is 0 Å². The van der Waals surface area contributed by atoms with Gasteiger partial charge in [-0.15, -0.1) is 0 Å². The largest absolute Gasteiger partial charge is 0.342 e. The van der Waals surface area contributed by atoms with Crippen LogP contribution in [0.25, 0.3) is 0 Å². The van der Waals surface area contributed by atoms with E-state index in [-0.39, 0.29) is 23.7 Å². The quantitative estimate of drug-likeness (QED) is 0.642. The van der Waals surface area contributed by atoms with Crippen LogP contribution in [0.4, 0.5) is 15.8 Å². The number of nitrogens with one attached hydrogen (secondary N) is 1. The number of carbonyl (C=O) groups excluding carboxylic acids is 2. The molecule has 0 aromatic heterocycles. The minimum absolute atomic E-state index is 0.0755. The van der Waals surface area contributed by atoms with E-state index in [2.05, 4.69) is 5.32 Å². The predicted molar refractivity (Wildman–Crippen MR) is 81.3 cm³/mol. The summed E-state index contributed by atoms with van der Waals surface area (Å²) in [5, 5.41) is 13.1. The molecular formula is C15H18FN3O4. The Labute approximate surface area is 132 Å². The molecule has 0 bridgehead atoms. The van der Waals surface area contributed by atoms with E-state index < -0.39 is 22.6 Å². The number of nitro groups is 1. The van der Waals surface area contributed by atoms with Crippen LogP contribution in [-0.4, -0.2) is 34.7 Å². The topological polar surface area (TPSA) is 92.6 Å². The highest BCUT2D eigenvalue weighted by Crippen LogP contribution is 2.24. The van der Waals surface area contributed by atoms with Gasteiger partial charge in [0, 0.05) is 31.6 Å². The first-order valence-electron chi connectivity index (χ1n) is 7.45. The van der Waals surface area contributed by atoms with Crippen molar-refractivity contribution in [2.24, 2.45) is 5.92 Å². The lowest BCUT2D eigenvalue weighted by atomic mass is 10.1. The Kier molecular flexibility index (Phi) is 5.25. The molecule has 7 nitrogen and oxygen atoms in total. The number of non-ortho nitro benzene ring substituents is 1. The first-order valence-corrected chi connectivity index (χ1v) is 7.45. The molecule has 2 rings (SSSR count). The summed E-state index contributed by atoms with van der Waals surface area (Å²) < 4.78 is 13.7. The normalized spacial score (nSPS) is 17.4. The third-order valence-corrected chi connectivity index (χ3v) is 3.79. The lowest BCUT2D eigenvalue weighted by Gasteiger charge is -2.16.